The summed E-state index contributed by atoms with van der Waals surface area (Å²) in [5, 5.41) is 7.04. The Kier molecular flexibility index (Phi) is 6.14. The monoisotopic (exact) mass is 395 g/mol. The molecule has 2 amide bonds. The highest BCUT2D eigenvalue weighted by Crippen LogP contribution is 2.14. The van der Waals surface area contributed by atoms with Crippen molar-refractivity contribution in [3.8, 4) is 0 Å². The molecule has 0 saturated carbocycles. The van der Waals surface area contributed by atoms with E-state index in [1.807, 2.05) is 0 Å². The van der Waals surface area contributed by atoms with Crippen LogP contribution in [-0.4, -0.2) is 18.0 Å². The Labute approximate surface area is 165 Å². The third kappa shape index (κ3) is 5.25. The number of rotatable bonds is 5. The second-order valence-corrected chi connectivity index (χ2v) is 6.23. The molecule has 0 spiro atoms. The van der Waals surface area contributed by atoms with Gasteiger partial charge in [-0.05, 0) is 60.2 Å². The lowest BCUT2D eigenvalue weighted by molar-refractivity contribution is 0.0954. The van der Waals surface area contributed by atoms with Gasteiger partial charge in [0.1, 0.15) is 5.82 Å². The van der Waals surface area contributed by atoms with E-state index in [1.165, 1.54) is 18.3 Å². The summed E-state index contributed by atoms with van der Waals surface area (Å²) in [4.78, 5) is 24.3. The highest BCUT2D eigenvalue weighted by Gasteiger charge is 2.08. The zero-order valence-electron chi connectivity index (χ0n) is 14.5. The minimum absolute atomic E-state index is 0.302. The number of nitrogens with one attached hydrogen (secondary N) is 2. The molecule has 0 aliphatic heterocycles. The Bertz CT molecular complexity index is 1020. The molecule has 0 radical (unpaired) electrons. The molecule has 3 rings (SSSR count). The number of anilines is 1. The first-order chi connectivity index (χ1) is 13.5. The van der Waals surface area contributed by atoms with Gasteiger partial charge in [-0.25, -0.2) is 9.82 Å². The average molecular weight is 396 g/mol. The predicted octanol–water partition coefficient (Wildman–Crippen LogP) is 4.50. The molecule has 0 bridgehead atoms. The summed E-state index contributed by atoms with van der Waals surface area (Å²) in [6.45, 7) is 0. The van der Waals surface area contributed by atoms with Crippen molar-refractivity contribution in [2.45, 2.75) is 0 Å². The van der Waals surface area contributed by atoms with E-state index >= 15 is 0 Å². The summed E-state index contributed by atoms with van der Waals surface area (Å²) in [5.74, 6) is -1.06. The molecule has 0 saturated heterocycles. The van der Waals surface area contributed by atoms with Crippen LogP contribution < -0.4 is 10.7 Å². The molecule has 5 nitrogen and oxygen atoms in total. The fourth-order valence-electron chi connectivity index (χ4n) is 2.32. The number of halogens is 2. The van der Waals surface area contributed by atoms with Gasteiger partial charge in [-0.15, -0.1) is 0 Å². The van der Waals surface area contributed by atoms with Crippen LogP contribution in [0.3, 0.4) is 0 Å². The largest absolute Gasteiger partial charge is 0.322 e. The maximum atomic E-state index is 12.8. The standard InChI is InChI=1S/C21H15ClFN3O2/c22-17-3-1-2-16(12-17)20(27)25-19-10-6-15(7-11-19)21(28)26-24-13-14-4-8-18(23)9-5-14/h1-13H,(H,25,27)(H,26,28). The van der Waals surface area contributed by atoms with Gasteiger partial charge >= 0.3 is 0 Å². The second kappa shape index (κ2) is 8.92. The zero-order valence-corrected chi connectivity index (χ0v) is 15.3. The number of hydrogen-bond acceptors (Lipinski definition) is 3. The summed E-state index contributed by atoms with van der Waals surface area (Å²) in [6.07, 6.45) is 1.41. The molecule has 2 N–H and O–H groups in total. The smallest absolute Gasteiger partial charge is 0.271 e. The molecule has 3 aromatic carbocycles. The minimum atomic E-state index is -0.411. The predicted molar refractivity (Wildman–Crippen MR) is 107 cm³/mol. The van der Waals surface area contributed by atoms with Crippen LogP contribution in [0.4, 0.5) is 10.1 Å². The van der Waals surface area contributed by atoms with E-state index in [1.54, 1.807) is 60.7 Å². The van der Waals surface area contributed by atoms with Gasteiger partial charge in [-0.1, -0.05) is 29.8 Å². The SMILES string of the molecule is O=C(NN=Cc1ccc(F)cc1)c1ccc(NC(=O)c2cccc(Cl)c2)cc1. The van der Waals surface area contributed by atoms with Gasteiger partial charge in [0.05, 0.1) is 6.21 Å². The first-order valence-corrected chi connectivity index (χ1v) is 8.65. The first-order valence-electron chi connectivity index (χ1n) is 8.27. The molecule has 0 unspecified atom stereocenters. The number of carbonyl (C=O) groups is 2. The van der Waals surface area contributed by atoms with Crippen LogP contribution in [0.1, 0.15) is 26.3 Å². The third-order valence-electron chi connectivity index (χ3n) is 3.74. The maximum absolute atomic E-state index is 12.8. The fourth-order valence-corrected chi connectivity index (χ4v) is 2.51. The molecule has 0 heterocycles. The van der Waals surface area contributed by atoms with Crippen LogP contribution in [-0.2, 0) is 0 Å². The van der Waals surface area contributed by atoms with E-state index in [9.17, 15) is 14.0 Å². The van der Waals surface area contributed by atoms with Gasteiger partial charge in [0, 0.05) is 21.8 Å². The average Bonchev–Trinajstić information content (AvgIpc) is 2.70. The minimum Gasteiger partial charge on any atom is -0.322 e. The molecule has 0 atom stereocenters. The van der Waals surface area contributed by atoms with E-state index in [2.05, 4.69) is 15.8 Å². The van der Waals surface area contributed by atoms with E-state index in [4.69, 9.17) is 11.6 Å². The van der Waals surface area contributed by atoms with Crippen LogP contribution in [0.25, 0.3) is 0 Å². The number of amides is 2. The lowest BCUT2D eigenvalue weighted by Crippen LogP contribution is -2.17. The summed E-state index contributed by atoms with van der Waals surface area (Å²) in [5.41, 5.74) is 4.39. The van der Waals surface area contributed by atoms with Gasteiger partial charge < -0.3 is 5.32 Å². The molecule has 0 aromatic heterocycles. The van der Waals surface area contributed by atoms with Crippen LogP contribution in [0.5, 0.6) is 0 Å². The van der Waals surface area contributed by atoms with Crippen molar-refractivity contribution in [2.75, 3.05) is 5.32 Å². The summed E-state index contributed by atoms with van der Waals surface area (Å²) in [7, 11) is 0. The van der Waals surface area contributed by atoms with Gasteiger partial charge in [-0.3, -0.25) is 9.59 Å². The number of carbonyl (C=O) groups excluding carboxylic acids is 2. The molecule has 140 valence electrons. The van der Waals surface area contributed by atoms with Gasteiger partial charge in [0.2, 0.25) is 0 Å². The Balaban J connectivity index is 1.58. The molecular formula is C21H15ClFN3O2. The fraction of sp³-hybridized carbons (Fsp3) is 0. The van der Waals surface area contributed by atoms with Crippen molar-refractivity contribution in [3.05, 3.63) is 100 Å². The van der Waals surface area contributed by atoms with E-state index < -0.39 is 5.91 Å². The topological polar surface area (TPSA) is 70.6 Å². The van der Waals surface area contributed by atoms with Crippen molar-refractivity contribution < 1.29 is 14.0 Å². The number of benzene rings is 3. The van der Waals surface area contributed by atoms with Crippen molar-refractivity contribution in [2.24, 2.45) is 5.10 Å². The molecule has 0 fully saturated rings. The summed E-state index contributed by atoms with van der Waals surface area (Å²) in [6, 6.07) is 18.7. The Morgan fingerprint density at radius 2 is 1.61 bits per heavy atom. The highest BCUT2D eigenvalue weighted by atomic mass is 35.5. The van der Waals surface area contributed by atoms with Crippen LogP contribution >= 0.6 is 11.6 Å². The van der Waals surface area contributed by atoms with Gasteiger partial charge in [0.15, 0.2) is 0 Å². The number of hydrogen-bond donors (Lipinski definition) is 2. The molecule has 28 heavy (non-hydrogen) atoms. The Morgan fingerprint density at radius 1 is 0.893 bits per heavy atom. The lowest BCUT2D eigenvalue weighted by atomic mass is 10.1. The quantitative estimate of drug-likeness (QED) is 0.493. The number of nitrogens with zero attached hydrogens (tertiary/aromatic N) is 1. The Morgan fingerprint density at radius 3 is 2.29 bits per heavy atom. The summed E-state index contributed by atoms with van der Waals surface area (Å²) >= 11 is 5.88. The molecule has 0 aliphatic rings. The van der Waals surface area contributed by atoms with Gasteiger partial charge in [-0.2, -0.15) is 5.10 Å². The highest BCUT2D eigenvalue weighted by molar-refractivity contribution is 6.31. The van der Waals surface area contributed by atoms with E-state index in [-0.39, 0.29) is 11.7 Å². The second-order valence-electron chi connectivity index (χ2n) is 5.79. The van der Waals surface area contributed by atoms with Gasteiger partial charge in [0.25, 0.3) is 11.8 Å². The normalized spacial score (nSPS) is 10.6. The van der Waals surface area contributed by atoms with E-state index in [0.29, 0.717) is 27.4 Å². The van der Waals surface area contributed by atoms with Crippen LogP contribution in [0.15, 0.2) is 77.9 Å². The van der Waals surface area contributed by atoms with Crippen molar-refractivity contribution >= 4 is 35.3 Å². The maximum Gasteiger partial charge on any atom is 0.271 e. The van der Waals surface area contributed by atoms with Crippen molar-refractivity contribution in [1.82, 2.24) is 5.43 Å². The molecular weight excluding hydrogens is 381 g/mol. The van der Waals surface area contributed by atoms with E-state index in [0.717, 1.165) is 0 Å². The molecule has 7 heteroatoms. The Hall–Kier alpha value is -3.51. The number of hydrazone groups is 1. The zero-order chi connectivity index (χ0) is 19.9. The van der Waals surface area contributed by atoms with Crippen LogP contribution in [0.2, 0.25) is 5.02 Å². The van der Waals surface area contributed by atoms with Crippen molar-refractivity contribution in [3.63, 3.8) is 0 Å². The third-order valence-corrected chi connectivity index (χ3v) is 3.98. The first kappa shape index (κ1) is 19.3. The van der Waals surface area contributed by atoms with Crippen molar-refractivity contribution in [1.29, 1.82) is 0 Å². The molecule has 3 aromatic rings. The lowest BCUT2D eigenvalue weighted by Gasteiger charge is -2.06. The van der Waals surface area contributed by atoms with Crippen LogP contribution in [0, 0.1) is 5.82 Å². The molecule has 0 aliphatic carbocycles. The summed E-state index contributed by atoms with van der Waals surface area (Å²) < 4.78 is 12.8.